The lowest BCUT2D eigenvalue weighted by atomic mass is 9.67. The van der Waals surface area contributed by atoms with Crippen LogP contribution in [0.15, 0.2) is 0 Å². The monoisotopic (exact) mass is 341 g/mol. The van der Waals surface area contributed by atoms with E-state index >= 15 is 0 Å². The Bertz CT molecular complexity index is 472. The van der Waals surface area contributed by atoms with E-state index in [-0.39, 0.29) is 23.0 Å². The van der Waals surface area contributed by atoms with Gasteiger partial charge in [-0.3, -0.25) is 4.79 Å². The summed E-state index contributed by atoms with van der Waals surface area (Å²) in [4.78, 5) is 11.5. The summed E-state index contributed by atoms with van der Waals surface area (Å²) < 4.78 is 18.3. The minimum atomic E-state index is -0.660. The number of carbonyl (C=O) groups excluding carboxylic acids is 1. The number of carbonyl (C=O) groups is 1. The smallest absolute Gasteiger partial charge is 0.303 e. The maximum absolute atomic E-state index is 11.5. The van der Waals surface area contributed by atoms with Gasteiger partial charge in [-0.15, -0.1) is 0 Å². The van der Waals surface area contributed by atoms with Crippen LogP contribution in [0.3, 0.4) is 0 Å². The van der Waals surface area contributed by atoms with E-state index < -0.39 is 11.4 Å². The molecule has 2 fully saturated rings. The molecule has 2 rings (SSSR count). The summed E-state index contributed by atoms with van der Waals surface area (Å²) in [7, 11) is 0. The second kappa shape index (κ2) is 6.58. The van der Waals surface area contributed by atoms with Gasteiger partial charge in [-0.25, -0.2) is 0 Å². The number of hydrogen-bond donors (Lipinski definition) is 1. The van der Waals surface area contributed by atoms with Crippen LogP contribution >= 0.6 is 0 Å². The number of nitrogens with one attached hydrogen (secondary N) is 1. The van der Waals surface area contributed by atoms with Gasteiger partial charge in [0.1, 0.15) is 0 Å². The molecule has 2 saturated heterocycles. The average molecular weight is 341 g/mol. The van der Waals surface area contributed by atoms with Crippen LogP contribution in [0.2, 0.25) is 0 Å². The lowest BCUT2D eigenvalue weighted by molar-refractivity contribution is -0.362. The van der Waals surface area contributed by atoms with Crippen molar-refractivity contribution < 1.29 is 19.0 Å². The van der Waals surface area contributed by atoms with Crippen molar-refractivity contribution in [3.63, 3.8) is 0 Å². The highest BCUT2D eigenvalue weighted by Gasteiger charge is 2.59. The summed E-state index contributed by atoms with van der Waals surface area (Å²) in [6.45, 7) is 15.4. The Morgan fingerprint density at radius 1 is 1.12 bits per heavy atom. The molecule has 2 aliphatic heterocycles. The SMILES string of the molecule is CCC1(C)CC2(OCC(CC)(OC(C)=O)CO2)C(C)C(C)(CC)N1. The number of hydrogen-bond acceptors (Lipinski definition) is 5. The third-order valence-electron chi connectivity index (χ3n) is 6.52. The Balaban J connectivity index is 2.27. The first-order valence-electron chi connectivity index (χ1n) is 9.35. The van der Waals surface area contributed by atoms with Crippen LogP contribution in [0.4, 0.5) is 0 Å². The molecule has 1 spiro atoms. The van der Waals surface area contributed by atoms with Gasteiger partial charge in [0.05, 0.1) is 13.2 Å². The zero-order chi connectivity index (χ0) is 18.2. The van der Waals surface area contributed by atoms with Crippen molar-refractivity contribution in [2.45, 2.75) is 96.6 Å². The lowest BCUT2D eigenvalue weighted by Crippen LogP contribution is -2.73. The minimum Gasteiger partial charge on any atom is -0.454 e. The highest BCUT2D eigenvalue weighted by molar-refractivity contribution is 5.66. The summed E-state index contributed by atoms with van der Waals surface area (Å²) in [6, 6.07) is 0. The topological polar surface area (TPSA) is 56.8 Å². The zero-order valence-electron chi connectivity index (χ0n) is 16.5. The van der Waals surface area contributed by atoms with Crippen molar-refractivity contribution in [2.75, 3.05) is 13.2 Å². The van der Waals surface area contributed by atoms with E-state index in [1.54, 1.807) is 0 Å². The quantitative estimate of drug-likeness (QED) is 0.794. The summed E-state index contributed by atoms with van der Waals surface area (Å²) >= 11 is 0. The van der Waals surface area contributed by atoms with Crippen LogP contribution in [-0.4, -0.2) is 41.6 Å². The molecule has 2 heterocycles. The Morgan fingerprint density at radius 3 is 2.12 bits per heavy atom. The van der Waals surface area contributed by atoms with Crippen LogP contribution in [0.25, 0.3) is 0 Å². The van der Waals surface area contributed by atoms with Crippen LogP contribution in [0.5, 0.6) is 0 Å². The first-order valence-corrected chi connectivity index (χ1v) is 9.35. The molecule has 0 aromatic rings. The molecule has 5 nitrogen and oxygen atoms in total. The van der Waals surface area contributed by atoms with Gasteiger partial charge < -0.3 is 19.5 Å². The normalized spacial score (nSPS) is 46.0. The average Bonchev–Trinajstić information content (AvgIpc) is 2.54. The standard InChI is InChI=1S/C19H35NO4/c1-8-16(6)11-19(14(4)17(7,9-2)20-16)22-12-18(10-3,13-23-19)24-15(5)21/h14,20H,8-13H2,1-7H3. The van der Waals surface area contributed by atoms with Crippen molar-refractivity contribution in [3.05, 3.63) is 0 Å². The fourth-order valence-corrected chi connectivity index (χ4v) is 4.21. The molecule has 0 saturated carbocycles. The van der Waals surface area contributed by atoms with E-state index in [2.05, 4.69) is 39.9 Å². The van der Waals surface area contributed by atoms with E-state index in [0.717, 1.165) is 19.3 Å². The summed E-state index contributed by atoms with van der Waals surface area (Å²) in [5.74, 6) is -0.712. The molecule has 140 valence electrons. The van der Waals surface area contributed by atoms with Crippen molar-refractivity contribution >= 4 is 5.97 Å². The molecule has 3 unspecified atom stereocenters. The fraction of sp³-hybridized carbons (Fsp3) is 0.947. The Kier molecular flexibility index (Phi) is 5.39. The largest absolute Gasteiger partial charge is 0.454 e. The number of esters is 1. The second-order valence-electron chi connectivity index (χ2n) is 8.23. The Morgan fingerprint density at radius 2 is 1.71 bits per heavy atom. The Hall–Kier alpha value is -0.650. The van der Waals surface area contributed by atoms with Crippen LogP contribution in [-0.2, 0) is 19.0 Å². The molecule has 3 atom stereocenters. The molecule has 0 aromatic carbocycles. The van der Waals surface area contributed by atoms with E-state index in [1.165, 1.54) is 6.92 Å². The minimum absolute atomic E-state index is 0.0368. The summed E-state index contributed by atoms with van der Waals surface area (Å²) in [6.07, 6.45) is 3.49. The van der Waals surface area contributed by atoms with Gasteiger partial charge in [0.15, 0.2) is 11.4 Å². The molecule has 0 aromatic heterocycles. The molecule has 1 N–H and O–H groups in total. The van der Waals surface area contributed by atoms with Gasteiger partial charge in [0, 0.05) is 30.3 Å². The summed E-state index contributed by atoms with van der Waals surface area (Å²) in [5, 5.41) is 3.85. The number of ether oxygens (including phenoxy) is 3. The molecule has 5 heteroatoms. The van der Waals surface area contributed by atoms with Gasteiger partial charge in [-0.2, -0.15) is 0 Å². The zero-order valence-corrected chi connectivity index (χ0v) is 16.5. The van der Waals surface area contributed by atoms with Gasteiger partial charge >= 0.3 is 5.97 Å². The maximum Gasteiger partial charge on any atom is 0.303 e. The first kappa shape index (κ1) is 19.7. The third kappa shape index (κ3) is 3.35. The van der Waals surface area contributed by atoms with Crippen LogP contribution in [0, 0.1) is 5.92 Å². The van der Waals surface area contributed by atoms with Gasteiger partial charge in [0.2, 0.25) is 0 Å². The predicted octanol–water partition coefficient (Wildman–Crippen LogP) is 3.41. The maximum atomic E-state index is 11.5. The molecule has 0 amide bonds. The van der Waals surface area contributed by atoms with Crippen LogP contribution < -0.4 is 5.32 Å². The van der Waals surface area contributed by atoms with Crippen molar-refractivity contribution in [2.24, 2.45) is 5.92 Å². The molecule has 0 aliphatic carbocycles. The van der Waals surface area contributed by atoms with Gasteiger partial charge in [0.25, 0.3) is 0 Å². The summed E-state index contributed by atoms with van der Waals surface area (Å²) in [5.41, 5.74) is -0.755. The van der Waals surface area contributed by atoms with Crippen molar-refractivity contribution in [3.8, 4) is 0 Å². The highest BCUT2D eigenvalue weighted by atomic mass is 16.7. The highest BCUT2D eigenvalue weighted by Crippen LogP contribution is 2.48. The molecular weight excluding hydrogens is 306 g/mol. The number of piperidine rings is 1. The van der Waals surface area contributed by atoms with E-state index in [4.69, 9.17) is 14.2 Å². The predicted molar refractivity (Wildman–Crippen MR) is 93.7 cm³/mol. The first-order chi connectivity index (χ1) is 11.1. The van der Waals surface area contributed by atoms with Crippen LogP contribution in [0.1, 0.15) is 74.1 Å². The third-order valence-corrected chi connectivity index (χ3v) is 6.52. The number of rotatable bonds is 4. The van der Waals surface area contributed by atoms with Gasteiger partial charge in [-0.05, 0) is 33.1 Å². The molecule has 0 bridgehead atoms. The van der Waals surface area contributed by atoms with E-state index in [9.17, 15) is 4.79 Å². The van der Waals surface area contributed by atoms with Gasteiger partial charge in [-0.1, -0.05) is 27.7 Å². The molecular formula is C19H35NO4. The molecule has 2 aliphatic rings. The lowest BCUT2D eigenvalue weighted by Gasteiger charge is -2.60. The second-order valence-corrected chi connectivity index (χ2v) is 8.23. The molecule has 0 radical (unpaired) electrons. The van der Waals surface area contributed by atoms with E-state index in [0.29, 0.717) is 19.6 Å². The molecule has 24 heavy (non-hydrogen) atoms. The van der Waals surface area contributed by atoms with Crippen molar-refractivity contribution in [1.29, 1.82) is 0 Å². The van der Waals surface area contributed by atoms with E-state index in [1.807, 2.05) is 6.92 Å². The fourth-order valence-electron chi connectivity index (χ4n) is 4.21. The van der Waals surface area contributed by atoms with Crippen molar-refractivity contribution in [1.82, 2.24) is 5.32 Å². The Labute approximate surface area is 146 Å².